The monoisotopic (exact) mass is 252 g/mol. The Balaban J connectivity index is 1.89. The number of carbonyl (C=O) groups excluding carboxylic acids is 2. The summed E-state index contributed by atoms with van der Waals surface area (Å²) < 4.78 is 0. The maximum Gasteiger partial charge on any atom is 0.225 e. The lowest BCUT2D eigenvalue weighted by atomic mass is 10.1. The maximum atomic E-state index is 12.0. The van der Waals surface area contributed by atoms with Gasteiger partial charge >= 0.3 is 0 Å². The van der Waals surface area contributed by atoms with Gasteiger partial charge in [-0.15, -0.1) is 0 Å². The minimum atomic E-state index is -0.132. The van der Waals surface area contributed by atoms with Crippen LogP contribution in [0.4, 0.5) is 0 Å². The molecule has 1 saturated carbocycles. The van der Waals surface area contributed by atoms with E-state index in [0.29, 0.717) is 19.0 Å². The van der Waals surface area contributed by atoms with Gasteiger partial charge < -0.3 is 10.2 Å². The van der Waals surface area contributed by atoms with Crippen LogP contribution >= 0.6 is 0 Å². The summed E-state index contributed by atoms with van der Waals surface area (Å²) in [6, 6.07) is 0.604. The van der Waals surface area contributed by atoms with Crippen molar-refractivity contribution < 1.29 is 9.59 Å². The van der Waals surface area contributed by atoms with E-state index in [1.807, 2.05) is 11.8 Å². The Labute approximate surface area is 109 Å². The van der Waals surface area contributed by atoms with Crippen LogP contribution in [0.3, 0.4) is 0 Å². The van der Waals surface area contributed by atoms with Crippen LogP contribution in [-0.4, -0.2) is 35.3 Å². The lowest BCUT2D eigenvalue weighted by Crippen LogP contribution is -2.39. The zero-order valence-electron chi connectivity index (χ0n) is 11.4. The molecule has 2 fully saturated rings. The van der Waals surface area contributed by atoms with Crippen molar-refractivity contribution in [2.24, 2.45) is 5.92 Å². The Morgan fingerprint density at radius 2 is 2.11 bits per heavy atom. The van der Waals surface area contributed by atoms with E-state index in [2.05, 4.69) is 12.2 Å². The molecule has 0 unspecified atom stereocenters. The number of nitrogens with one attached hydrogen (secondary N) is 1. The molecule has 1 saturated heterocycles. The Bertz CT molecular complexity index is 324. The van der Waals surface area contributed by atoms with E-state index in [4.69, 9.17) is 0 Å². The quantitative estimate of drug-likeness (QED) is 0.827. The molecule has 0 bridgehead atoms. The molecule has 2 aliphatic rings. The second-order valence-electron chi connectivity index (χ2n) is 5.70. The number of hydrogen-bond acceptors (Lipinski definition) is 2. The predicted molar refractivity (Wildman–Crippen MR) is 70.0 cm³/mol. The van der Waals surface area contributed by atoms with E-state index in [-0.39, 0.29) is 23.8 Å². The molecule has 2 rings (SSSR count). The van der Waals surface area contributed by atoms with Crippen LogP contribution in [0.25, 0.3) is 0 Å². The van der Waals surface area contributed by atoms with Crippen molar-refractivity contribution in [1.29, 1.82) is 0 Å². The lowest BCUT2D eigenvalue weighted by Gasteiger charge is -2.24. The van der Waals surface area contributed by atoms with Gasteiger partial charge in [0.05, 0.1) is 5.92 Å². The third kappa shape index (κ3) is 2.85. The van der Waals surface area contributed by atoms with E-state index in [1.54, 1.807) is 0 Å². The Hall–Kier alpha value is -1.06. The van der Waals surface area contributed by atoms with Crippen molar-refractivity contribution in [3.8, 4) is 0 Å². The van der Waals surface area contributed by atoms with Gasteiger partial charge in [-0.25, -0.2) is 0 Å². The average molecular weight is 252 g/mol. The standard InChI is InChI=1S/C14H24N2O2/c1-3-10(2)15-14(18)11-8-13(17)16(9-11)12-6-4-5-7-12/h10-12H,3-9H2,1-2H3,(H,15,18)/t10-,11-/m0/s1. The normalized spacial score (nSPS) is 26.7. The summed E-state index contributed by atoms with van der Waals surface area (Å²) in [5, 5.41) is 2.99. The number of nitrogens with zero attached hydrogens (tertiary/aromatic N) is 1. The van der Waals surface area contributed by atoms with Crippen LogP contribution in [0.2, 0.25) is 0 Å². The molecule has 1 aliphatic carbocycles. The molecule has 2 atom stereocenters. The van der Waals surface area contributed by atoms with Gasteiger partial charge in [0.25, 0.3) is 0 Å². The third-order valence-electron chi connectivity index (χ3n) is 4.30. The summed E-state index contributed by atoms with van der Waals surface area (Å²) in [5.41, 5.74) is 0. The number of amides is 2. The molecule has 0 aromatic rings. The highest BCUT2D eigenvalue weighted by Gasteiger charge is 2.38. The molecule has 0 aromatic carbocycles. The van der Waals surface area contributed by atoms with Crippen LogP contribution in [0.5, 0.6) is 0 Å². The molecule has 4 nitrogen and oxygen atoms in total. The zero-order chi connectivity index (χ0) is 13.1. The van der Waals surface area contributed by atoms with Gasteiger partial charge in [0, 0.05) is 25.0 Å². The van der Waals surface area contributed by atoms with Gasteiger partial charge in [-0.05, 0) is 26.2 Å². The molecule has 0 radical (unpaired) electrons. The largest absolute Gasteiger partial charge is 0.353 e. The molecule has 4 heteroatoms. The molecule has 0 aromatic heterocycles. The van der Waals surface area contributed by atoms with Gasteiger partial charge in [-0.2, -0.15) is 0 Å². The van der Waals surface area contributed by atoms with Crippen LogP contribution < -0.4 is 5.32 Å². The average Bonchev–Trinajstić information content (AvgIpc) is 2.97. The van der Waals surface area contributed by atoms with Crippen LogP contribution in [0.1, 0.15) is 52.4 Å². The van der Waals surface area contributed by atoms with Crippen molar-refractivity contribution in [1.82, 2.24) is 10.2 Å². The van der Waals surface area contributed by atoms with E-state index < -0.39 is 0 Å². The Morgan fingerprint density at radius 3 is 2.72 bits per heavy atom. The molecule has 2 amide bonds. The second-order valence-corrected chi connectivity index (χ2v) is 5.70. The summed E-state index contributed by atoms with van der Waals surface area (Å²) in [5.74, 6) is 0.0940. The summed E-state index contributed by atoms with van der Waals surface area (Å²) in [6.07, 6.45) is 6.00. The topological polar surface area (TPSA) is 49.4 Å². The third-order valence-corrected chi connectivity index (χ3v) is 4.30. The highest BCUT2D eigenvalue weighted by atomic mass is 16.2. The summed E-state index contributed by atoms with van der Waals surface area (Å²) in [7, 11) is 0. The van der Waals surface area contributed by atoms with Crippen LogP contribution in [-0.2, 0) is 9.59 Å². The highest BCUT2D eigenvalue weighted by molar-refractivity contribution is 5.89. The van der Waals surface area contributed by atoms with Gasteiger partial charge in [0.15, 0.2) is 0 Å². The first-order chi connectivity index (χ1) is 8.61. The molecule has 1 aliphatic heterocycles. The smallest absolute Gasteiger partial charge is 0.225 e. The van der Waals surface area contributed by atoms with Crippen molar-refractivity contribution >= 4 is 11.8 Å². The van der Waals surface area contributed by atoms with Crippen LogP contribution in [0, 0.1) is 5.92 Å². The SMILES string of the molecule is CC[C@H](C)NC(=O)[C@H]1CC(=O)N(C2CCCC2)C1. The first-order valence-electron chi connectivity index (χ1n) is 7.21. The molecular weight excluding hydrogens is 228 g/mol. The van der Waals surface area contributed by atoms with Gasteiger partial charge in [0.1, 0.15) is 0 Å². The highest BCUT2D eigenvalue weighted by Crippen LogP contribution is 2.29. The van der Waals surface area contributed by atoms with Gasteiger partial charge in [-0.1, -0.05) is 19.8 Å². The van der Waals surface area contributed by atoms with Crippen molar-refractivity contribution in [3.63, 3.8) is 0 Å². The van der Waals surface area contributed by atoms with Crippen molar-refractivity contribution in [3.05, 3.63) is 0 Å². The fourth-order valence-electron chi connectivity index (χ4n) is 2.94. The Morgan fingerprint density at radius 1 is 1.44 bits per heavy atom. The summed E-state index contributed by atoms with van der Waals surface area (Å²) >= 11 is 0. The molecule has 102 valence electrons. The summed E-state index contributed by atoms with van der Waals surface area (Å²) in [4.78, 5) is 26.0. The first kappa shape index (κ1) is 13.4. The fourth-order valence-corrected chi connectivity index (χ4v) is 2.94. The van der Waals surface area contributed by atoms with Gasteiger partial charge in [0.2, 0.25) is 11.8 Å². The predicted octanol–water partition coefficient (Wildman–Crippen LogP) is 1.69. The Kier molecular flexibility index (Phi) is 4.25. The lowest BCUT2D eigenvalue weighted by molar-refractivity contribution is -0.130. The number of carbonyl (C=O) groups is 2. The first-order valence-corrected chi connectivity index (χ1v) is 7.21. The molecule has 0 spiro atoms. The number of hydrogen-bond donors (Lipinski definition) is 1. The second kappa shape index (κ2) is 5.72. The molecule has 1 N–H and O–H groups in total. The minimum Gasteiger partial charge on any atom is -0.353 e. The number of likely N-dealkylation sites (tertiary alicyclic amines) is 1. The zero-order valence-corrected chi connectivity index (χ0v) is 11.4. The number of rotatable bonds is 4. The molecular formula is C14H24N2O2. The van der Waals surface area contributed by atoms with Crippen molar-refractivity contribution in [2.75, 3.05) is 6.54 Å². The van der Waals surface area contributed by atoms with Crippen molar-refractivity contribution in [2.45, 2.75) is 64.5 Å². The van der Waals surface area contributed by atoms with Gasteiger partial charge in [-0.3, -0.25) is 9.59 Å². The summed E-state index contributed by atoms with van der Waals surface area (Å²) in [6.45, 7) is 4.69. The maximum absolute atomic E-state index is 12.0. The molecule has 1 heterocycles. The van der Waals surface area contributed by atoms with E-state index in [1.165, 1.54) is 12.8 Å². The minimum absolute atomic E-state index is 0.0539. The molecule has 18 heavy (non-hydrogen) atoms. The fraction of sp³-hybridized carbons (Fsp3) is 0.857. The van der Waals surface area contributed by atoms with E-state index in [0.717, 1.165) is 19.3 Å². The van der Waals surface area contributed by atoms with E-state index in [9.17, 15) is 9.59 Å². The van der Waals surface area contributed by atoms with E-state index >= 15 is 0 Å². The van der Waals surface area contributed by atoms with Crippen LogP contribution in [0.15, 0.2) is 0 Å².